The molecule has 1 saturated carbocycles. The van der Waals surface area contributed by atoms with Crippen LogP contribution in [0, 0.1) is 17.6 Å². The van der Waals surface area contributed by atoms with Crippen LogP contribution in [0.25, 0.3) is 11.1 Å². The van der Waals surface area contributed by atoms with Crippen molar-refractivity contribution >= 4 is 23.1 Å². The Kier molecular flexibility index (Phi) is 7.90. The number of benzene rings is 1. The molecule has 1 aromatic carbocycles. The van der Waals surface area contributed by atoms with Crippen LogP contribution in [0.3, 0.4) is 0 Å². The molecular weight excluding hydrogens is 486 g/mol. The van der Waals surface area contributed by atoms with E-state index < -0.39 is 17.2 Å². The smallest absolute Gasteiger partial charge is 0.410 e. The van der Waals surface area contributed by atoms with Gasteiger partial charge in [0.2, 0.25) is 0 Å². The molecule has 1 aliphatic carbocycles. The van der Waals surface area contributed by atoms with Gasteiger partial charge in [0.05, 0.1) is 5.69 Å². The maximum atomic E-state index is 13.9. The highest BCUT2D eigenvalue weighted by molar-refractivity contribution is 5.81. The van der Waals surface area contributed by atoms with Gasteiger partial charge in [-0.2, -0.15) is 0 Å². The molecule has 1 aromatic heterocycles. The summed E-state index contributed by atoms with van der Waals surface area (Å²) in [4.78, 5) is 26.3. The Labute approximate surface area is 224 Å². The molecule has 2 heterocycles. The van der Waals surface area contributed by atoms with Gasteiger partial charge in [0.15, 0.2) is 0 Å². The second-order valence-electron chi connectivity index (χ2n) is 11.5. The highest BCUT2D eigenvalue weighted by atomic mass is 19.1. The first kappa shape index (κ1) is 27.7. The van der Waals surface area contributed by atoms with Gasteiger partial charge in [-0.3, -0.25) is 0 Å². The number of rotatable bonds is 6. The summed E-state index contributed by atoms with van der Waals surface area (Å²) in [5.74, 6) is -0.0272. The number of carbonyl (C=O) groups is 1. The lowest BCUT2D eigenvalue weighted by molar-refractivity contribution is 0.0129. The zero-order valence-corrected chi connectivity index (χ0v) is 23.2. The number of amides is 1. The Morgan fingerprint density at radius 3 is 2.34 bits per heavy atom. The maximum absolute atomic E-state index is 13.9. The van der Waals surface area contributed by atoms with Crippen LogP contribution in [0.1, 0.15) is 71.2 Å². The van der Waals surface area contributed by atoms with Crippen molar-refractivity contribution in [2.75, 3.05) is 18.0 Å². The van der Waals surface area contributed by atoms with Crippen molar-refractivity contribution in [3.05, 3.63) is 65.6 Å². The lowest BCUT2D eigenvalue weighted by Gasteiger charge is -2.45. The van der Waals surface area contributed by atoms with Gasteiger partial charge >= 0.3 is 6.09 Å². The molecule has 2 atom stereocenters. The number of anilines is 1. The van der Waals surface area contributed by atoms with Gasteiger partial charge in [0.25, 0.3) is 0 Å². The van der Waals surface area contributed by atoms with E-state index in [1.165, 1.54) is 17.7 Å². The minimum atomic E-state index is -0.637. The van der Waals surface area contributed by atoms with Gasteiger partial charge in [-0.15, -0.1) is 0 Å². The quantitative estimate of drug-likeness (QED) is 0.423. The first-order chi connectivity index (χ1) is 17.9. The Balaban J connectivity index is 1.68. The SMILES string of the molecule is C=C(Cc1ncnc(N2C[C@@H](C)N(C(=O)OC(C)(C)C)C[C@@H]2C)c1/C(=C\C)C1CC1)c1cc(F)cc(F)c1. The van der Waals surface area contributed by atoms with Crippen molar-refractivity contribution in [3.63, 3.8) is 0 Å². The molecule has 0 N–H and O–H groups in total. The molecule has 1 saturated heterocycles. The van der Waals surface area contributed by atoms with E-state index in [1.54, 1.807) is 11.2 Å². The van der Waals surface area contributed by atoms with Gasteiger partial charge in [0.1, 0.15) is 29.4 Å². The van der Waals surface area contributed by atoms with Crippen LogP contribution < -0.4 is 4.90 Å². The van der Waals surface area contributed by atoms with Crippen LogP contribution in [-0.2, 0) is 11.2 Å². The summed E-state index contributed by atoms with van der Waals surface area (Å²) in [6.07, 6.45) is 5.89. The molecule has 0 unspecified atom stereocenters. The standard InChI is InChI=1S/C30H38F2N4O2/c1-8-25(21-9-10-21)27-26(11-18(2)22-12-23(31)14-24(32)13-22)33-17-34-28(27)35-15-20(4)36(16-19(35)3)29(37)38-30(5,6)7/h8,12-14,17,19-21H,2,9-11,15-16H2,1,3-7H3/b25-8-/t19-,20+/m0/s1. The van der Waals surface area contributed by atoms with Crippen molar-refractivity contribution in [2.24, 2.45) is 5.92 Å². The molecule has 1 amide bonds. The predicted molar refractivity (Wildman–Crippen MR) is 147 cm³/mol. The monoisotopic (exact) mass is 524 g/mol. The van der Waals surface area contributed by atoms with Crippen molar-refractivity contribution in [1.82, 2.24) is 14.9 Å². The summed E-state index contributed by atoms with van der Waals surface area (Å²) in [7, 11) is 0. The molecule has 4 rings (SSSR count). The summed E-state index contributed by atoms with van der Waals surface area (Å²) in [5, 5.41) is 0. The van der Waals surface area contributed by atoms with Crippen LogP contribution in [0.2, 0.25) is 0 Å². The summed E-state index contributed by atoms with van der Waals surface area (Å²) >= 11 is 0. The van der Waals surface area contributed by atoms with Crippen LogP contribution in [0.4, 0.5) is 19.4 Å². The molecule has 2 fully saturated rings. The molecule has 6 nitrogen and oxygen atoms in total. The molecule has 38 heavy (non-hydrogen) atoms. The van der Waals surface area contributed by atoms with Crippen LogP contribution in [0.5, 0.6) is 0 Å². The second-order valence-corrected chi connectivity index (χ2v) is 11.5. The number of aromatic nitrogens is 2. The normalized spacial score (nSPS) is 20.5. The summed E-state index contributed by atoms with van der Waals surface area (Å²) in [6.45, 7) is 16.9. The second kappa shape index (κ2) is 10.8. The minimum Gasteiger partial charge on any atom is -0.444 e. The summed E-state index contributed by atoms with van der Waals surface area (Å²) < 4.78 is 33.5. The fourth-order valence-corrected chi connectivity index (χ4v) is 5.10. The largest absolute Gasteiger partial charge is 0.444 e. The number of piperazine rings is 1. The van der Waals surface area contributed by atoms with E-state index in [0.717, 1.165) is 36.0 Å². The van der Waals surface area contributed by atoms with Gasteiger partial charge in [-0.1, -0.05) is 12.7 Å². The first-order valence-electron chi connectivity index (χ1n) is 13.3. The summed E-state index contributed by atoms with van der Waals surface area (Å²) in [6, 6.07) is 3.34. The number of nitrogens with zero attached hydrogens (tertiary/aromatic N) is 4. The zero-order chi connectivity index (χ0) is 27.8. The predicted octanol–water partition coefficient (Wildman–Crippen LogP) is 6.66. The van der Waals surface area contributed by atoms with Crippen molar-refractivity contribution in [2.45, 2.75) is 78.5 Å². The number of halogens is 2. The third-order valence-electron chi connectivity index (χ3n) is 7.06. The zero-order valence-electron chi connectivity index (χ0n) is 23.2. The van der Waals surface area contributed by atoms with Crippen molar-refractivity contribution < 1.29 is 18.3 Å². The number of hydrogen-bond donors (Lipinski definition) is 0. The average Bonchev–Trinajstić information content (AvgIpc) is 3.65. The topological polar surface area (TPSA) is 58.6 Å². The number of hydrogen-bond acceptors (Lipinski definition) is 5. The average molecular weight is 525 g/mol. The minimum absolute atomic E-state index is 0.0157. The highest BCUT2D eigenvalue weighted by Gasteiger charge is 2.38. The molecule has 2 aromatic rings. The molecule has 0 radical (unpaired) electrons. The van der Waals surface area contributed by atoms with Crippen LogP contribution >= 0.6 is 0 Å². The third-order valence-corrected chi connectivity index (χ3v) is 7.06. The fraction of sp³-hybridized carbons (Fsp3) is 0.500. The van der Waals surface area contributed by atoms with Gasteiger partial charge < -0.3 is 14.5 Å². The molecule has 2 aliphatic rings. The highest BCUT2D eigenvalue weighted by Crippen LogP contribution is 2.46. The third kappa shape index (κ3) is 6.22. The molecular formula is C30H38F2N4O2. The van der Waals surface area contributed by atoms with E-state index in [0.29, 0.717) is 36.6 Å². The molecule has 204 valence electrons. The van der Waals surface area contributed by atoms with Gasteiger partial charge in [-0.05, 0) is 89.1 Å². The number of carbonyl (C=O) groups excluding carboxylic acids is 1. The number of allylic oxidation sites excluding steroid dienone is 3. The fourth-order valence-electron chi connectivity index (χ4n) is 5.10. The Hall–Kier alpha value is -3.29. The molecule has 0 spiro atoms. The Bertz CT molecular complexity index is 1230. The lowest BCUT2D eigenvalue weighted by atomic mass is 9.93. The summed E-state index contributed by atoms with van der Waals surface area (Å²) in [5.41, 5.74) is 3.35. The van der Waals surface area contributed by atoms with E-state index in [9.17, 15) is 13.6 Å². The van der Waals surface area contributed by atoms with Gasteiger partial charge in [0, 0.05) is 43.2 Å². The van der Waals surface area contributed by atoms with Gasteiger partial charge in [-0.25, -0.2) is 23.5 Å². The molecule has 1 aliphatic heterocycles. The lowest BCUT2D eigenvalue weighted by Crippen LogP contribution is -2.59. The maximum Gasteiger partial charge on any atom is 0.410 e. The van der Waals surface area contributed by atoms with E-state index in [4.69, 9.17) is 9.72 Å². The molecule has 0 bridgehead atoms. The van der Waals surface area contributed by atoms with E-state index in [-0.39, 0.29) is 18.2 Å². The Morgan fingerprint density at radius 1 is 1.11 bits per heavy atom. The van der Waals surface area contributed by atoms with Crippen molar-refractivity contribution in [1.29, 1.82) is 0 Å². The Morgan fingerprint density at radius 2 is 1.76 bits per heavy atom. The number of ether oxygens (including phenoxy) is 1. The van der Waals surface area contributed by atoms with E-state index in [2.05, 4.69) is 29.5 Å². The van der Waals surface area contributed by atoms with Crippen molar-refractivity contribution in [3.8, 4) is 0 Å². The van der Waals surface area contributed by atoms with Crippen LogP contribution in [-0.4, -0.2) is 51.7 Å². The molecule has 8 heteroatoms. The first-order valence-corrected chi connectivity index (χ1v) is 13.3. The van der Waals surface area contributed by atoms with E-state index in [1.807, 2.05) is 34.6 Å². The van der Waals surface area contributed by atoms with Crippen LogP contribution in [0.15, 0.2) is 37.2 Å². The van der Waals surface area contributed by atoms with E-state index >= 15 is 0 Å².